The molecule has 1 saturated carbocycles. The zero-order valence-electron chi connectivity index (χ0n) is 11.1. The lowest BCUT2D eigenvalue weighted by atomic mass is 10.1. The molecular weight excluding hydrogens is 234 g/mol. The Labute approximate surface area is 112 Å². The van der Waals surface area contributed by atoms with Crippen molar-refractivity contribution < 1.29 is 0 Å². The van der Waals surface area contributed by atoms with Crippen LogP contribution in [-0.2, 0) is 0 Å². The van der Waals surface area contributed by atoms with Crippen molar-refractivity contribution in [3.8, 4) is 0 Å². The Morgan fingerprint density at radius 3 is 2.59 bits per heavy atom. The molecule has 0 spiro atoms. The Morgan fingerprint density at radius 2 is 1.94 bits per heavy atom. The summed E-state index contributed by atoms with van der Waals surface area (Å²) in [5, 5.41) is 7.12. The van der Waals surface area contributed by atoms with Crippen LogP contribution in [0.3, 0.4) is 0 Å². The van der Waals surface area contributed by atoms with Gasteiger partial charge in [-0.1, -0.05) is 12.8 Å². The lowest BCUT2D eigenvalue weighted by Gasteiger charge is -2.27. The Balaban J connectivity index is 0.00000144. The Morgan fingerprint density at radius 1 is 1.18 bits per heavy atom. The maximum atomic E-state index is 3.67. The van der Waals surface area contributed by atoms with Crippen molar-refractivity contribution in [2.24, 2.45) is 0 Å². The highest BCUT2D eigenvalue weighted by atomic mass is 35.5. The minimum Gasteiger partial charge on any atom is -0.315 e. The number of hydrogen-bond donors (Lipinski definition) is 2. The molecule has 1 aliphatic carbocycles. The number of likely N-dealkylation sites (N-methyl/N-ethyl adjacent to an activating group) is 1. The van der Waals surface area contributed by atoms with Crippen molar-refractivity contribution in [2.75, 3.05) is 33.2 Å². The van der Waals surface area contributed by atoms with Gasteiger partial charge in [-0.3, -0.25) is 0 Å². The Bertz CT molecular complexity index is 189. The third kappa shape index (κ3) is 5.12. The normalized spacial score (nSPS) is 26.1. The molecule has 1 saturated heterocycles. The first-order chi connectivity index (χ1) is 7.86. The quantitative estimate of drug-likeness (QED) is 0.788. The average molecular weight is 262 g/mol. The highest BCUT2D eigenvalue weighted by Gasteiger charge is 2.19. The van der Waals surface area contributed by atoms with Gasteiger partial charge in [0.15, 0.2) is 0 Å². The summed E-state index contributed by atoms with van der Waals surface area (Å²) in [5.74, 6) is 0. The molecule has 0 bridgehead atoms. The maximum Gasteiger partial charge on any atom is 0.0193 e. The smallest absolute Gasteiger partial charge is 0.0193 e. The van der Waals surface area contributed by atoms with E-state index in [1.807, 2.05) is 0 Å². The molecule has 4 heteroatoms. The first-order valence-corrected chi connectivity index (χ1v) is 7.00. The van der Waals surface area contributed by atoms with E-state index >= 15 is 0 Å². The number of hydrogen-bond acceptors (Lipinski definition) is 3. The van der Waals surface area contributed by atoms with Gasteiger partial charge in [0.1, 0.15) is 0 Å². The first-order valence-electron chi connectivity index (χ1n) is 7.00. The molecule has 0 amide bonds. The summed E-state index contributed by atoms with van der Waals surface area (Å²) in [6.45, 7) is 4.73. The van der Waals surface area contributed by atoms with Crippen LogP contribution in [0.1, 0.15) is 38.5 Å². The van der Waals surface area contributed by atoms with Gasteiger partial charge in [0.25, 0.3) is 0 Å². The molecule has 1 heterocycles. The van der Waals surface area contributed by atoms with Gasteiger partial charge in [-0.05, 0) is 39.3 Å². The maximum absolute atomic E-state index is 3.67. The number of nitrogens with one attached hydrogen (secondary N) is 2. The fraction of sp³-hybridized carbons (Fsp3) is 1.00. The molecule has 0 aromatic heterocycles. The Kier molecular flexibility index (Phi) is 7.44. The van der Waals surface area contributed by atoms with Crippen LogP contribution in [0.15, 0.2) is 0 Å². The third-order valence-corrected chi connectivity index (χ3v) is 4.14. The largest absolute Gasteiger partial charge is 0.315 e. The van der Waals surface area contributed by atoms with Crippen LogP contribution in [0.5, 0.6) is 0 Å². The zero-order chi connectivity index (χ0) is 11.2. The fourth-order valence-corrected chi connectivity index (χ4v) is 3.00. The molecule has 1 unspecified atom stereocenters. The van der Waals surface area contributed by atoms with Crippen molar-refractivity contribution >= 4 is 12.4 Å². The second-order valence-corrected chi connectivity index (χ2v) is 5.42. The SMILES string of the molecule is CN(CCNC1CCCNC1)C1CCCC1.Cl. The standard InChI is InChI=1S/C13H27N3.ClH/c1-16(13-6-2-3-7-13)10-9-15-12-5-4-8-14-11-12;/h12-15H,2-11H2,1H3;1H. The summed E-state index contributed by atoms with van der Waals surface area (Å²) in [4.78, 5) is 2.55. The van der Waals surface area contributed by atoms with E-state index in [4.69, 9.17) is 0 Å². The topological polar surface area (TPSA) is 27.3 Å². The molecule has 1 aliphatic heterocycles. The van der Waals surface area contributed by atoms with Crippen LogP contribution < -0.4 is 10.6 Å². The van der Waals surface area contributed by atoms with E-state index in [2.05, 4.69) is 22.6 Å². The molecule has 1 atom stereocenters. The molecule has 3 nitrogen and oxygen atoms in total. The van der Waals surface area contributed by atoms with Crippen LogP contribution in [0.25, 0.3) is 0 Å². The summed E-state index contributed by atoms with van der Waals surface area (Å²) in [7, 11) is 2.29. The van der Waals surface area contributed by atoms with Crippen molar-refractivity contribution in [3.63, 3.8) is 0 Å². The summed E-state index contributed by atoms with van der Waals surface area (Å²) in [5.41, 5.74) is 0. The molecule has 2 rings (SSSR count). The highest BCUT2D eigenvalue weighted by molar-refractivity contribution is 5.85. The predicted octanol–water partition coefficient (Wildman–Crippen LogP) is 1.62. The van der Waals surface area contributed by atoms with E-state index in [-0.39, 0.29) is 12.4 Å². The zero-order valence-corrected chi connectivity index (χ0v) is 11.9. The molecule has 102 valence electrons. The third-order valence-electron chi connectivity index (χ3n) is 4.14. The van der Waals surface area contributed by atoms with Crippen LogP contribution in [0, 0.1) is 0 Å². The van der Waals surface area contributed by atoms with Crippen LogP contribution in [0.2, 0.25) is 0 Å². The summed E-state index contributed by atoms with van der Waals surface area (Å²) >= 11 is 0. The minimum absolute atomic E-state index is 0. The van der Waals surface area contributed by atoms with E-state index in [1.54, 1.807) is 0 Å². The van der Waals surface area contributed by atoms with Crippen molar-refractivity contribution in [1.29, 1.82) is 0 Å². The van der Waals surface area contributed by atoms with Gasteiger partial charge in [0.05, 0.1) is 0 Å². The van der Waals surface area contributed by atoms with Crippen LogP contribution in [-0.4, -0.2) is 50.2 Å². The number of halogens is 1. The number of nitrogens with zero attached hydrogens (tertiary/aromatic N) is 1. The van der Waals surface area contributed by atoms with Crippen molar-refractivity contribution in [1.82, 2.24) is 15.5 Å². The van der Waals surface area contributed by atoms with Crippen molar-refractivity contribution in [3.05, 3.63) is 0 Å². The molecule has 2 N–H and O–H groups in total. The van der Waals surface area contributed by atoms with Gasteiger partial charge in [0.2, 0.25) is 0 Å². The minimum atomic E-state index is 0. The molecule has 2 fully saturated rings. The summed E-state index contributed by atoms with van der Waals surface area (Å²) < 4.78 is 0. The molecule has 2 aliphatic rings. The van der Waals surface area contributed by atoms with E-state index < -0.39 is 0 Å². The van der Waals surface area contributed by atoms with Crippen LogP contribution in [0.4, 0.5) is 0 Å². The predicted molar refractivity (Wildman–Crippen MR) is 76.0 cm³/mol. The summed E-state index contributed by atoms with van der Waals surface area (Å²) in [6, 6.07) is 1.58. The van der Waals surface area contributed by atoms with Gasteiger partial charge in [-0.25, -0.2) is 0 Å². The average Bonchev–Trinajstić information content (AvgIpc) is 2.84. The van der Waals surface area contributed by atoms with E-state index in [0.29, 0.717) is 6.04 Å². The van der Waals surface area contributed by atoms with Gasteiger partial charge in [-0.15, -0.1) is 12.4 Å². The lowest BCUT2D eigenvalue weighted by molar-refractivity contribution is 0.239. The summed E-state index contributed by atoms with van der Waals surface area (Å²) in [6.07, 6.45) is 8.39. The van der Waals surface area contributed by atoms with Crippen LogP contribution >= 0.6 is 12.4 Å². The molecule has 0 radical (unpaired) electrons. The molecule has 0 aromatic carbocycles. The first kappa shape index (κ1) is 15.2. The van der Waals surface area contributed by atoms with E-state index in [9.17, 15) is 0 Å². The number of rotatable bonds is 5. The Hall–Kier alpha value is 0.170. The second-order valence-electron chi connectivity index (χ2n) is 5.42. The monoisotopic (exact) mass is 261 g/mol. The van der Waals surface area contributed by atoms with Gasteiger partial charge >= 0.3 is 0 Å². The highest BCUT2D eigenvalue weighted by Crippen LogP contribution is 2.21. The molecule has 17 heavy (non-hydrogen) atoms. The van der Waals surface area contributed by atoms with Gasteiger partial charge in [-0.2, -0.15) is 0 Å². The second kappa shape index (κ2) is 8.30. The van der Waals surface area contributed by atoms with E-state index in [0.717, 1.165) is 19.1 Å². The van der Waals surface area contributed by atoms with Crippen molar-refractivity contribution in [2.45, 2.75) is 50.6 Å². The van der Waals surface area contributed by atoms with E-state index in [1.165, 1.54) is 51.6 Å². The number of piperidine rings is 1. The van der Waals surface area contributed by atoms with Gasteiger partial charge in [0, 0.05) is 31.7 Å². The molecular formula is C13H28ClN3. The van der Waals surface area contributed by atoms with Gasteiger partial charge < -0.3 is 15.5 Å². The lowest BCUT2D eigenvalue weighted by Crippen LogP contribution is -2.46. The molecule has 0 aromatic rings. The fourth-order valence-electron chi connectivity index (χ4n) is 3.00.